The van der Waals surface area contributed by atoms with Gasteiger partial charge in [0.2, 0.25) is 0 Å². The molecule has 1 unspecified atom stereocenters. The van der Waals surface area contributed by atoms with Gasteiger partial charge < -0.3 is 14.8 Å². The highest BCUT2D eigenvalue weighted by Gasteiger charge is 2.39. The summed E-state index contributed by atoms with van der Waals surface area (Å²) in [5.41, 5.74) is 1.15. The van der Waals surface area contributed by atoms with Gasteiger partial charge in [-0.3, -0.25) is 0 Å². The van der Waals surface area contributed by atoms with E-state index >= 15 is 0 Å². The second kappa shape index (κ2) is 7.87. The summed E-state index contributed by atoms with van der Waals surface area (Å²) in [5.74, 6) is 1.96. The van der Waals surface area contributed by atoms with E-state index in [4.69, 9.17) is 9.47 Å². The van der Waals surface area contributed by atoms with Crippen LogP contribution in [0.2, 0.25) is 0 Å². The highest BCUT2D eigenvalue weighted by Crippen LogP contribution is 2.46. The highest BCUT2D eigenvalue weighted by molar-refractivity contribution is 5.49. The zero-order valence-corrected chi connectivity index (χ0v) is 14.6. The number of unbranched alkanes of at least 4 members (excludes halogenated alkanes) is 1. The van der Waals surface area contributed by atoms with Gasteiger partial charge in [-0.1, -0.05) is 33.3 Å². The lowest BCUT2D eigenvalue weighted by Gasteiger charge is -2.42. The molecular formula is C19H31NO2. The van der Waals surface area contributed by atoms with E-state index in [0.717, 1.165) is 37.3 Å². The fourth-order valence-electron chi connectivity index (χ4n) is 3.30. The Morgan fingerprint density at radius 2 is 2.00 bits per heavy atom. The molecule has 1 aromatic rings. The van der Waals surface area contributed by atoms with Crippen LogP contribution in [-0.2, 0) is 0 Å². The Morgan fingerprint density at radius 1 is 1.23 bits per heavy atom. The molecule has 1 aliphatic heterocycles. The molecule has 0 saturated heterocycles. The minimum absolute atomic E-state index is 0.0538. The molecule has 1 aromatic carbocycles. The standard InChI is InChI=1S/C19H31NO2/c1-5-9-13-20-15-14-19(6-2,7-3)22-17-12-10-11-16(18(15)17)21-8-4/h10-12,15,20H,5-9,13-14H2,1-4H3. The molecule has 124 valence electrons. The van der Waals surface area contributed by atoms with Crippen molar-refractivity contribution < 1.29 is 9.47 Å². The SMILES string of the molecule is CCCCNC1CC(CC)(CC)Oc2cccc(OCC)c21. The maximum atomic E-state index is 6.42. The number of ether oxygens (including phenoxy) is 2. The third-order valence-corrected chi connectivity index (χ3v) is 4.79. The van der Waals surface area contributed by atoms with Gasteiger partial charge in [0.1, 0.15) is 17.1 Å². The fraction of sp³-hybridized carbons (Fsp3) is 0.684. The number of fused-ring (bicyclic) bond motifs is 1. The summed E-state index contributed by atoms with van der Waals surface area (Å²) in [5, 5.41) is 3.74. The van der Waals surface area contributed by atoms with Crippen LogP contribution in [0.5, 0.6) is 11.5 Å². The number of hydrogen-bond donors (Lipinski definition) is 1. The summed E-state index contributed by atoms with van der Waals surface area (Å²) in [6.07, 6.45) is 5.50. The molecule has 1 N–H and O–H groups in total. The van der Waals surface area contributed by atoms with Gasteiger partial charge in [-0.15, -0.1) is 0 Å². The van der Waals surface area contributed by atoms with Gasteiger partial charge in [-0.25, -0.2) is 0 Å². The molecule has 1 aliphatic rings. The van der Waals surface area contributed by atoms with Crippen LogP contribution < -0.4 is 14.8 Å². The first-order valence-electron chi connectivity index (χ1n) is 8.87. The van der Waals surface area contributed by atoms with E-state index in [0.29, 0.717) is 12.6 Å². The molecule has 0 spiro atoms. The molecule has 3 nitrogen and oxygen atoms in total. The lowest BCUT2D eigenvalue weighted by Crippen LogP contribution is -2.43. The van der Waals surface area contributed by atoms with E-state index < -0.39 is 0 Å². The Morgan fingerprint density at radius 3 is 2.64 bits per heavy atom. The van der Waals surface area contributed by atoms with Gasteiger partial charge in [0, 0.05) is 12.5 Å². The van der Waals surface area contributed by atoms with Crippen molar-refractivity contribution in [3.63, 3.8) is 0 Å². The van der Waals surface area contributed by atoms with Crippen LogP contribution in [0.1, 0.15) is 71.4 Å². The topological polar surface area (TPSA) is 30.5 Å². The predicted molar refractivity (Wildman–Crippen MR) is 91.8 cm³/mol. The average molecular weight is 305 g/mol. The zero-order valence-electron chi connectivity index (χ0n) is 14.6. The van der Waals surface area contributed by atoms with Crippen molar-refractivity contribution >= 4 is 0 Å². The van der Waals surface area contributed by atoms with Gasteiger partial charge in [0.15, 0.2) is 0 Å². The average Bonchev–Trinajstić information content (AvgIpc) is 2.55. The Bertz CT molecular complexity index is 469. The maximum Gasteiger partial charge on any atom is 0.128 e. The van der Waals surface area contributed by atoms with Gasteiger partial charge in [0.25, 0.3) is 0 Å². The van der Waals surface area contributed by atoms with Crippen molar-refractivity contribution in [2.45, 2.75) is 71.4 Å². The van der Waals surface area contributed by atoms with Crippen molar-refractivity contribution in [1.29, 1.82) is 0 Å². The zero-order chi connectivity index (χ0) is 16.0. The van der Waals surface area contributed by atoms with Crippen molar-refractivity contribution in [3.05, 3.63) is 23.8 Å². The molecule has 22 heavy (non-hydrogen) atoms. The molecular weight excluding hydrogens is 274 g/mol. The molecule has 0 aliphatic carbocycles. The van der Waals surface area contributed by atoms with E-state index in [2.05, 4.69) is 38.2 Å². The number of nitrogens with one attached hydrogen (secondary N) is 1. The summed E-state index contributed by atoms with van der Waals surface area (Å²) < 4.78 is 12.3. The molecule has 1 atom stereocenters. The van der Waals surface area contributed by atoms with E-state index in [-0.39, 0.29) is 5.60 Å². The summed E-state index contributed by atoms with van der Waals surface area (Å²) in [4.78, 5) is 0. The molecule has 0 amide bonds. The van der Waals surface area contributed by atoms with Crippen LogP contribution in [0, 0.1) is 0 Å². The summed E-state index contributed by atoms with van der Waals surface area (Å²) in [7, 11) is 0. The minimum atomic E-state index is -0.0538. The molecule has 1 heterocycles. The van der Waals surface area contributed by atoms with E-state index in [9.17, 15) is 0 Å². The summed E-state index contributed by atoms with van der Waals surface area (Å²) in [6, 6.07) is 6.50. The molecule has 0 fully saturated rings. The van der Waals surface area contributed by atoms with E-state index in [1.54, 1.807) is 0 Å². The number of benzene rings is 1. The van der Waals surface area contributed by atoms with Crippen LogP contribution in [0.15, 0.2) is 18.2 Å². The quantitative estimate of drug-likeness (QED) is 0.696. The Labute approximate surface area is 135 Å². The summed E-state index contributed by atoms with van der Waals surface area (Å²) >= 11 is 0. The molecule has 0 radical (unpaired) electrons. The summed E-state index contributed by atoms with van der Waals surface area (Å²) in [6.45, 7) is 10.4. The number of hydrogen-bond acceptors (Lipinski definition) is 3. The van der Waals surface area contributed by atoms with Gasteiger partial charge in [0.05, 0.1) is 12.2 Å². The van der Waals surface area contributed by atoms with Crippen molar-refractivity contribution in [2.75, 3.05) is 13.2 Å². The first kappa shape index (κ1) is 17.1. The van der Waals surface area contributed by atoms with Crippen LogP contribution in [0.3, 0.4) is 0 Å². The molecule has 0 bridgehead atoms. The monoisotopic (exact) mass is 305 g/mol. The number of rotatable bonds is 8. The highest BCUT2D eigenvalue weighted by atomic mass is 16.5. The third kappa shape index (κ3) is 3.57. The first-order valence-corrected chi connectivity index (χ1v) is 8.87. The first-order chi connectivity index (χ1) is 10.7. The Hall–Kier alpha value is -1.22. The molecule has 0 aromatic heterocycles. The van der Waals surface area contributed by atoms with Crippen molar-refractivity contribution in [2.24, 2.45) is 0 Å². The fourth-order valence-corrected chi connectivity index (χ4v) is 3.30. The second-order valence-corrected chi connectivity index (χ2v) is 6.16. The van der Waals surface area contributed by atoms with E-state index in [1.807, 2.05) is 13.0 Å². The van der Waals surface area contributed by atoms with Gasteiger partial charge in [-0.2, -0.15) is 0 Å². The predicted octanol–water partition coefficient (Wildman–Crippen LogP) is 4.86. The van der Waals surface area contributed by atoms with Crippen molar-refractivity contribution in [1.82, 2.24) is 5.32 Å². The normalized spacial score (nSPS) is 19.4. The Balaban J connectivity index is 2.34. The smallest absolute Gasteiger partial charge is 0.128 e. The third-order valence-electron chi connectivity index (χ3n) is 4.79. The van der Waals surface area contributed by atoms with Gasteiger partial charge >= 0.3 is 0 Å². The Kier molecular flexibility index (Phi) is 6.13. The van der Waals surface area contributed by atoms with Crippen LogP contribution >= 0.6 is 0 Å². The lowest BCUT2D eigenvalue weighted by molar-refractivity contribution is 0.0217. The molecule has 0 saturated carbocycles. The van der Waals surface area contributed by atoms with Crippen molar-refractivity contribution in [3.8, 4) is 11.5 Å². The molecule has 3 heteroatoms. The van der Waals surface area contributed by atoms with Crippen LogP contribution in [0.25, 0.3) is 0 Å². The second-order valence-electron chi connectivity index (χ2n) is 6.16. The van der Waals surface area contributed by atoms with Gasteiger partial charge in [-0.05, 0) is 44.9 Å². The minimum Gasteiger partial charge on any atom is -0.493 e. The maximum absolute atomic E-state index is 6.42. The molecule has 2 rings (SSSR count). The van der Waals surface area contributed by atoms with Crippen LogP contribution in [0.4, 0.5) is 0 Å². The lowest BCUT2D eigenvalue weighted by atomic mass is 9.83. The largest absolute Gasteiger partial charge is 0.493 e. The van der Waals surface area contributed by atoms with E-state index in [1.165, 1.54) is 18.4 Å². The van der Waals surface area contributed by atoms with Crippen LogP contribution in [-0.4, -0.2) is 18.8 Å².